The molecule has 0 spiro atoms. The van der Waals surface area contributed by atoms with E-state index in [1.165, 1.54) is 5.56 Å². The molecule has 2 heterocycles. The molecule has 0 bridgehead atoms. The molecule has 0 fully saturated rings. The van der Waals surface area contributed by atoms with Gasteiger partial charge in [-0.3, -0.25) is 4.57 Å². The van der Waals surface area contributed by atoms with Crippen molar-refractivity contribution < 1.29 is 0 Å². The van der Waals surface area contributed by atoms with Crippen LogP contribution in [0.3, 0.4) is 0 Å². The number of nitrogens with zero attached hydrogens (tertiary/aromatic N) is 3. The highest BCUT2D eigenvalue weighted by Gasteiger charge is 2.12. The molecule has 0 saturated carbocycles. The summed E-state index contributed by atoms with van der Waals surface area (Å²) in [5.74, 6) is 0.888. The lowest BCUT2D eigenvalue weighted by Crippen LogP contribution is -2.09. The molecule has 1 atom stereocenters. The molecule has 3 rings (SSSR count). The quantitative estimate of drug-likeness (QED) is 0.779. The van der Waals surface area contributed by atoms with E-state index in [-0.39, 0.29) is 0 Å². The Balaban J connectivity index is 1.95. The lowest BCUT2D eigenvalue weighted by Gasteiger charge is -2.14. The first-order valence-electron chi connectivity index (χ1n) is 6.37. The monoisotopic (exact) mass is 252 g/mol. The number of pyridine rings is 1. The van der Waals surface area contributed by atoms with Crippen molar-refractivity contribution in [3.05, 3.63) is 54.2 Å². The van der Waals surface area contributed by atoms with Crippen molar-refractivity contribution in [2.75, 3.05) is 5.73 Å². The third kappa shape index (κ3) is 2.17. The van der Waals surface area contributed by atoms with Gasteiger partial charge in [-0.25, -0.2) is 9.97 Å². The molecule has 2 N–H and O–H groups in total. The van der Waals surface area contributed by atoms with Crippen LogP contribution in [0.15, 0.2) is 48.7 Å². The molecule has 0 radical (unpaired) electrons. The predicted molar refractivity (Wildman–Crippen MR) is 76.8 cm³/mol. The minimum Gasteiger partial charge on any atom is -0.369 e. The van der Waals surface area contributed by atoms with Crippen LogP contribution in [0.25, 0.3) is 11.2 Å². The smallest absolute Gasteiger partial charge is 0.202 e. The first-order chi connectivity index (χ1) is 9.25. The van der Waals surface area contributed by atoms with Gasteiger partial charge in [0.05, 0.1) is 0 Å². The van der Waals surface area contributed by atoms with Gasteiger partial charge in [0.25, 0.3) is 0 Å². The van der Waals surface area contributed by atoms with Crippen LogP contribution < -0.4 is 5.73 Å². The van der Waals surface area contributed by atoms with E-state index in [2.05, 4.69) is 41.2 Å². The standard InChI is InChI=1S/C15H16N4/c1-11(12-6-3-2-4-7-12)10-19-14-13(18-15(19)16)8-5-9-17-14/h2-9,11H,10H2,1H3,(H2,16,18). The molecule has 0 amide bonds. The molecule has 19 heavy (non-hydrogen) atoms. The van der Waals surface area contributed by atoms with Crippen molar-refractivity contribution in [2.24, 2.45) is 0 Å². The summed E-state index contributed by atoms with van der Waals surface area (Å²) < 4.78 is 1.98. The van der Waals surface area contributed by atoms with Gasteiger partial charge in [-0.1, -0.05) is 37.3 Å². The molecule has 0 aliphatic rings. The van der Waals surface area contributed by atoms with Crippen molar-refractivity contribution >= 4 is 17.1 Å². The van der Waals surface area contributed by atoms with Crippen molar-refractivity contribution in [3.63, 3.8) is 0 Å². The van der Waals surface area contributed by atoms with E-state index in [1.807, 2.05) is 22.8 Å². The van der Waals surface area contributed by atoms with Crippen molar-refractivity contribution in [1.82, 2.24) is 14.5 Å². The highest BCUT2D eigenvalue weighted by atomic mass is 15.2. The van der Waals surface area contributed by atoms with Crippen LogP contribution in [-0.4, -0.2) is 14.5 Å². The third-order valence-corrected chi connectivity index (χ3v) is 3.36. The Hall–Kier alpha value is -2.36. The van der Waals surface area contributed by atoms with Crippen LogP contribution in [0.1, 0.15) is 18.4 Å². The van der Waals surface area contributed by atoms with Crippen LogP contribution in [0.5, 0.6) is 0 Å². The number of hydrogen-bond donors (Lipinski definition) is 1. The van der Waals surface area contributed by atoms with Crippen LogP contribution in [-0.2, 0) is 6.54 Å². The Labute approximate surface area is 111 Å². The predicted octanol–water partition coefficient (Wildman–Crippen LogP) is 2.82. The summed E-state index contributed by atoms with van der Waals surface area (Å²) in [6.07, 6.45) is 1.77. The van der Waals surface area contributed by atoms with E-state index >= 15 is 0 Å². The average molecular weight is 252 g/mol. The molecule has 96 valence electrons. The molecule has 0 aliphatic carbocycles. The summed E-state index contributed by atoms with van der Waals surface area (Å²) in [5, 5.41) is 0. The van der Waals surface area contributed by atoms with Gasteiger partial charge >= 0.3 is 0 Å². The highest BCUT2D eigenvalue weighted by molar-refractivity contribution is 5.73. The van der Waals surface area contributed by atoms with Gasteiger partial charge in [-0.05, 0) is 23.6 Å². The van der Waals surface area contributed by atoms with Crippen LogP contribution in [0, 0.1) is 0 Å². The van der Waals surface area contributed by atoms with Gasteiger partial charge in [-0.2, -0.15) is 0 Å². The van der Waals surface area contributed by atoms with E-state index in [1.54, 1.807) is 6.20 Å². The minimum absolute atomic E-state index is 0.364. The fourth-order valence-corrected chi connectivity index (χ4v) is 2.32. The maximum absolute atomic E-state index is 5.99. The maximum Gasteiger partial charge on any atom is 0.202 e. The van der Waals surface area contributed by atoms with E-state index in [0.717, 1.165) is 17.7 Å². The molecule has 2 aromatic heterocycles. The summed E-state index contributed by atoms with van der Waals surface area (Å²) in [7, 11) is 0. The number of imidazole rings is 1. The number of rotatable bonds is 3. The van der Waals surface area contributed by atoms with E-state index < -0.39 is 0 Å². The number of aromatic nitrogens is 3. The molecule has 4 nitrogen and oxygen atoms in total. The fraction of sp³-hybridized carbons (Fsp3) is 0.200. The SMILES string of the molecule is CC(Cn1c(N)nc2cccnc21)c1ccccc1. The molecule has 0 saturated heterocycles. The number of anilines is 1. The summed E-state index contributed by atoms with van der Waals surface area (Å²) in [4.78, 5) is 8.71. The third-order valence-electron chi connectivity index (χ3n) is 3.36. The second-order valence-corrected chi connectivity index (χ2v) is 4.74. The normalized spacial score (nSPS) is 12.7. The zero-order chi connectivity index (χ0) is 13.2. The van der Waals surface area contributed by atoms with Gasteiger partial charge in [0, 0.05) is 12.7 Å². The fourth-order valence-electron chi connectivity index (χ4n) is 2.32. The maximum atomic E-state index is 5.99. The highest BCUT2D eigenvalue weighted by Crippen LogP contribution is 2.22. The second-order valence-electron chi connectivity index (χ2n) is 4.74. The van der Waals surface area contributed by atoms with Crippen molar-refractivity contribution in [3.8, 4) is 0 Å². The first kappa shape index (κ1) is 11.7. The van der Waals surface area contributed by atoms with Gasteiger partial charge < -0.3 is 5.73 Å². The largest absolute Gasteiger partial charge is 0.369 e. The Morgan fingerprint density at radius 1 is 1.16 bits per heavy atom. The Morgan fingerprint density at radius 2 is 1.95 bits per heavy atom. The molecule has 4 heteroatoms. The second kappa shape index (κ2) is 4.72. The molecule has 1 aromatic carbocycles. The van der Waals surface area contributed by atoms with Crippen LogP contribution >= 0.6 is 0 Å². The molecule has 3 aromatic rings. The molecule has 0 aliphatic heterocycles. The Bertz CT molecular complexity index is 688. The topological polar surface area (TPSA) is 56.7 Å². The van der Waals surface area contributed by atoms with Gasteiger partial charge in [0.15, 0.2) is 5.65 Å². The molecular weight excluding hydrogens is 236 g/mol. The van der Waals surface area contributed by atoms with E-state index in [4.69, 9.17) is 5.73 Å². The Kier molecular flexibility index (Phi) is 2.91. The number of benzene rings is 1. The number of nitrogen functional groups attached to an aromatic ring is 1. The van der Waals surface area contributed by atoms with Gasteiger partial charge in [0.1, 0.15) is 5.52 Å². The molecular formula is C15H16N4. The van der Waals surface area contributed by atoms with Crippen molar-refractivity contribution in [2.45, 2.75) is 19.4 Å². The number of nitrogens with two attached hydrogens (primary N) is 1. The van der Waals surface area contributed by atoms with Crippen molar-refractivity contribution in [1.29, 1.82) is 0 Å². The first-order valence-corrected chi connectivity index (χ1v) is 6.37. The number of hydrogen-bond acceptors (Lipinski definition) is 3. The Morgan fingerprint density at radius 3 is 2.74 bits per heavy atom. The molecule has 1 unspecified atom stereocenters. The number of fused-ring (bicyclic) bond motifs is 1. The zero-order valence-electron chi connectivity index (χ0n) is 10.8. The lowest BCUT2D eigenvalue weighted by molar-refractivity contribution is 0.613. The van der Waals surface area contributed by atoms with E-state index in [9.17, 15) is 0 Å². The summed E-state index contributed by atoms with van der Waals surface area (Å²) in [6.45, 7) is 2.97. The summed E-state index contributed by atoms with van der Waals surface area (Å²) >= 11 is 0. The summed E-state index contributed by atoms with van der Waals surface area (Å²) in [5.41, 5.74) is 8.98. The van der Waals surface area contributed by atoms with Crippen LogP contribution in [0.4, 0.5) is 5.95 Å². The minimum atomic E-state index is 0.364. The lowest BCUT2D eigenvalue weighted by atomic mass is 10.0. The van der Waals surface area contributed by atoms with E-state index in [0.29, 0.717) is 11.9 Å². The van der Waals surface area contributed by atoms with Gasteiger partial charge in [0.2, 0.25) is 5.95 Å². The summed E-state index contributed by atoms with van der Waals surface area (Å²) in [6, 6.07) is 14.2. The van der Waals surface area contributed by atoms with Crippen LogP contribution in [0.2, 0.25) is 0 Å². The average Bonchev–Trinajstić information content (AvgIpc) is 2.76. The van der Waals surface area contributed by atoms with Gasteiger partial charge in [-0.15, -0.1) is 0 Å². The zero-order valence-corrected chi connectivity index (χ0v) is 10.8.